The van der Waals surface area contributed by atoms with Crippen molar-refractivity contribution in [2.75, 3.05) is 5.73 Å². The first-order valence-corrected chi connectivity index (χ1v) is 8.67. The Labute approximate surface area is 160 Å². The van der Waals surface area contributed by atoms with Crippen LogP contribution in [0.4, 0.5) is 5.82 Å². The van der Waals surface area contributed by atoms with E-state index in [1.54, 1.807) is 18.2 Å². The zero-order valence-electron chi connectivity index (χ0n) is 13.1. The molecule has 0 amide bonds. The Morgan fingerprint density at radius 1 is 0.920 bits per heavy atom. The van der Waals surface area contributed by atoms with Crippen LogP contribution in [0.15, 0.2) is 42.5 Å². The van der Waals surface area contributed by atoms with Crippen LogP contribution in [-0.2, 0) is 13.0 Å². The second-order valence-electron chi connectivity index (χ2n) is 5.45. The van der Waals surface area contributed by atoms with Crippen LogP contribution in [0.2, 0.25) is 15.1 Å². The maximum absolute atomic E-state index is 6.34. The molecule has 4 N–H and O–H groups in total. The molecule has 0 atom stereocenters. The molecule has 0 radical (unpaired) electrons. The SMILES string of the molecule is NCc1c(N)nc(Cc2ccccc2Cl)nc1-c1ccc(Cl)cc1Cl. The summed E-state index contributed by atoms with van der Waals surface area (Å²) >= 11 is 18.5. The number of rotatable bonds is 4. The fourth-order valence-electron chi connectivity index (χ4n) is 2.55. The van der Waals surface area contributed by atoms with Crippen molar-refractivity contribution in [2.24, 2.45) is 5.73 Å². The van der Waals surface area contributed by atoms with E-state index in [1.165, 1.54) is 0 Å². The first-order chi connectivity index (χ1) is 12.0. The summed E-state index contributed by atoms with van der Waals surface area (Å²) in [6.07, 6.45) is 0.451. The third-order valence-corrected chi connectivity index (χ3v) is 4.70. The molecule has 2 aromatic carbocycles. The third-order valence-electron chi connectivity index (χ3n) is 3.78. The van der Waals surface area contributed by atoms with Gasteiger partial charge in [-0.15, -0.1) is 0 Å². The van der Waals surface area contributed by atoms with Gasteiger partial charge in [0, 0.05) is 34.1 Å². The number of halogens is 3. The van der Waals surface area contributed by atoms with Crippen molar-refractivity contribution >= 4 is 40.6 Å². The summed E-state index contributed by atoms with van der Waals surface area (Å²) in [5.41, 5.74) is 14.8. The van der Waals surface area contributed by atoms with Gasteiger partial charge in [0.25, 0.3) is 0 Å². The highest BCUT2D eigenvalue weighted by atomic mass is 35.5. The molecule has 7 heteroatoms. The summed E-state index contributed by atoms with van der Waals surface area (Å²) in [5, 5.41) is 1.67. The molecule has 0 aliphatic heterocycles. The van der Waals surface area contributed by atoms with Crippen LogP contribution in [0.3, 0.4) is 0 Å². The molecule has 0 spiro atoms. The molecule has 3 rings (SSSR count). The topological polar surface area (TPSA) is 77.8 Å². The molecule has 0 unspecified atom stereocenters. The van der Waals surface area contributed by atoms with Gasteiger partial charge in [0.05, 0.1) is 10.7 Å². The minimum Gasteiger partial charge on any atom is -0.383 e. The zero-order chi connectivity index (χ0) is 18.0. The van der Waals surface area contributed by atoms with Gasteiger partial charge in [0.15, 0.2) is 0 Å². The van der Waals surface area contributed by atoms with Crippen molar-refractivity contribution in [3.63, 3.8) is 0 Å². The van der Waals surface area contributed by atoms with Crippen molar-refractivity contribution in [1.82, 2.24) is 9.97 Å². The molecule has 0 aliphatic carbocycles. The number of nitrogens with two attached hydrogens (primary N) is 2. The molecule has 0 saturated carbocycles. The van der Waals surface area contributed by atoms with Crippen molar-refractivity contribution in [3.05, 3.63) is 74.5 Å². The second-order valence-corrected chi connectivity index (χ2v) is 6.70. The zero-order valence-corrected chi connectivity index (χ0v) is 15.4. The lowest BCUT2D eigenvalue weighted by molar-refractivity contribution is 0.940. The molecule has 0 saturated heterocycles. The lowest BCUT2D eigenvalue weighted by atomic mass is 10.1. The van der Waals surface area contributed by atoms with E-state index >= 15 is 0 Å². The minimum atomic E-state index is 0.201. The first kappa shape index (κ1) is 18.0. The standard InChI is InChI=1S/C18H15Cl3N4/c19-11-5-6-12(15(21)8-11)17-13(9-22)18(23)25-16(24-17)7-10-3-1-2-4-14(10)20/h1-6,8H,7,9,22H2,(H2,23,24,25). The fraction of sp³-hybridized carbons (Fsp3) is 0.111. The van der Waals surface area contributed by atoms with Crippen LogP contribution in [0, 0.1) is 0 Å². The molecule has 0 fully saturated rings. The van der Waals surface area contributed by atoms with Crippen molar-refractivity contribution in [3.8, 4) is 11.3 Å². The second kappa shape index (κ2) is 7.58. The van der Waals surface area contributed by atoms with E-state index in [1.807, 2.05) is 24.3 Å². The number of benzene rings is 2. The Hall–Kier alpha value is -1.85. The highest BCUT2D eigenvalue weighted by Gasteiger charge is 2.16. The van der Waals surface area contributed by atoms with Crippen LogP contribution in [-0.4, -0.2) is 9.97 Å². The minimum absolute atomic E-state index is 0.201. The molecule has 1 aromatic heterocycles. The van der Waals surface area contributed by atoms with E-state index in [0.29, 0.717) is 50.0 Å². The van der Waals surface area contributed by atoms with Gasteiger partial charge in [0.2, 0.25) is 0 Å². The van der Waals surface area contributed by atoms with Gasteiger partial charge in [-0.25, -0.2) is 9.97 Å². The Morgan fingerprint density at radius 3 is 2.36 bits per heavy atom. The monoisotopic (exact) mass is 392 g/mol. The fourth-order valence-corrected chi connectivity index (χ4v) is 3.25. The molecule has 128 valence electrons. The van der Waals surface area contributed by atoms with Crippen LogP contribution in [0.1, 0.15) is 17.0 Å². The quantitative estimate of drug-likeness (QED) is 0.671. The summed E-state index contributed by atoms with van der Waals surface area (Å²) < 4.78 is 0. The number of nitrogen functional groups attached to an aromatic ring is 1. The van der Waals surface area contributed by atoms with E-state index in [0.717, 1.165) is 5.56 Å². The lowest BCUT2D eigenvalue weighted by Crippen LogP contribution is -2.11. The molecule has 4 nitrogen and oxygen atoms in total. The summed E-state index contributed by atoms with van der Waals surface area (Å²) in [6, 6.07) is 12.7. The highest BCUT2D eigenvalue weighted by molar-refractivity contribution is 6.36. The van der Waals surface area contributed by atoms with E-state index in [2.05, 4.69) is 9.97 Å². The molecule has 0 aliphatic rings. The van der Waals surface area contributed by atoms with Gasteiger partial charge in [-0.2, -0.15) is 0 Å². The smallest absolute Gasteiger partial charge is 0.135 e. The third kappa shape index (κ3) is 3.88. The molecular weight excluding hydrogens is 379 g/mol. The molecular formula is C18H15Cl3N4. The molecule has 25 heavy (non-hydrogen) atoms. The lowest BCUT2D eigenvalue weighted by Gasteiger charge is -2.13. The summed E-state index contributed by atoms with van der Waals surface area (Å²) in [7, 11) is 0. The van der Waals surface area contributed by atoms with Crippen molar-refractivity contribution < 1.29 is 0 Å². The molecule has 3 aromatic rings. The van der Waals surface area contributed by atoms with Crippen LogP contribution >= 0.6 is 34.8 Å². The predicted octanol–water partition coefficient (Wildman–Crippen LogP) is 4.74. The van der Waals surface area contributed by atoms with Crippen molar-refractivity contribution in [1.29, 1.82) is 0 Å². The average molecular weight is 394 g/mol. The molecule has 0 bridgehead atoms. The Balaban J connectivity index is 2.11. The summed E-state index contributed by atoms with van der Waals surface area (Å²) in [5.74, 6) is 0.879. The maximum atomic E-state index is 6.34. The Bertz CT molecular complexity index is 928. The summed E-state index contributed by atoms with van der Waals surface area (Å²) in [6.45, 7) is 0.201. The van der Waals surface area contributed by atoms with E-state index < -0.39 is 0 Å². The van der Waals surface area contributed by atoms with Gasteiger partial charge in [-0.1, -0.05) is 53.0 Å². The first-order valence-electron chi connectivity index (χ1n) is 7.53. The van der Waals surface area contributed by atoms with Crippen LogP contribution in [0.5, 0.6) is 0 Å². The molecule has 1 heterocycles. The summed E-state index contributed by atoms with van der Waals surface area (Å²) in [4.78, 5) is 9.02. The van der Waals surface area contributed by atoms with Crippen LogP contribution in [0.25, 0.3) is 11.3 Å². The number of hydrogen-bond acceptors (Lipinski definition) is 4. The van der Waals surface area contributed by atoms with Crippen LogP contribution < -0.4 is 11.5 Å². The van der Waals surface area contributed by atoms with Gasteiger partial charge in [0.1, 0.15) is 11.6 Å². The van der Waals surface area contributed by atoms with E-state index in [-0.39, 0.29) is 6.54 Å². The highest BCUT2D eigenvalue weighted by Crippen LogP contribution is 2.33. The number of hydrogen-bond donors (Lipinski definition) is 2. The van der Waals surface area contributed by atoms with E-state index in [4.69, 9.17) is 46.3 Å². The van der Waals surface area contributed by atoms with Gasteiger partial charge < -0.3 is 11.5 Å². The maximum Gasteiger partial charge on any atom is 0.135 e. The number of nitrogens with zero attached hydrogens (tertiary/aromatic N) is 2. The van der Waals surface area contributed by atoms with Gasteiger partial charge in [-0.3, -0.25) is 0 Å². The number of aromatic nitrogens is 2. The largest absolute Gasteiger partial charge is 0.383 e. The normalized spacial score (nSPS) is 10.9. The Morgan fingerprint density at radius 2 is 1.68 bits per heavy atom. The van der Waals surface area contributed by atoms with Crippen molar-refractivity contribution in [2.45, 2.75) is 13.0 Å². The van der Waals surface area contributed by atoms with Gasteiger partial charge >= 0.3 is 0 Å². The van der Waals surface area contributed by atoms with Gasteiger partial charge in [-0.05, 0) is 29.8 Å². The predicted molar refractivity (Wildman–Crippen MR) is 104 cm³/mol. The van der Waals surface area contributed by atoms with E-state index in [9.17, 15) is 0 Å². The number of anilines is 1. The average Bonchev–Trinajstić information content (AvgIpc) is 2.56. The Kier molecular flexibility index (Phi) is 5.45.